The van der Waals surface area contributed by atoms with Crippen LogP contribution in [0.4, 0.5) is 4.39 Å². The van der Waals surface area contributed by atoms with E-state index in [0.717, 1.165) is 16.0 Å². The van der Waals surface area contributed by atoms with Crippen LogP contribution in [0.5, 0.6) is 0 Å². The van der Waals surface area contributed by atoms with Crippen LogP contribution in [0, 0.1) is 5.82 Å². The highest BCUT2D eigenvalue weighted by molar-refractivity contribution is 7.91. The Morgan fingerprint density at radius 2 is 2.08 bits per heavy atom. The highest BCUT2D eigenvalue weighted by Gasteiger charge is 2.35. The first-order chi connectivity index (χ1) is 12.2. The van der Waals surface area contributed by atoms with Gasteiger partial charge in [0.1, 0.15) is 10.7 Å². The highest BCUT2D eigenvalue weighted by atomic mass is 32.2. The normalized spacial score (nSPS) is 20.0. The fourth-order valence-electron chi connectivity index (χ4n) is 2.93. The Bertz CT molecular complexity index is 969. The molecule has 1 aliphatic rings. The molecule has 26 heavy (non-hydrogen) atoms. The zero-order valence-corrected chi connectivity index (χ0v) is 15.9. The lowest BCUT2D eigenvalue weighted by atomic mass is 10.2. The molecule has 0 unspecified atom stereocenters. The van der Waals surface area contributed by atoms with Gasteiger partial charge in [-0.3, -0.25) is 4.79 Å². The Morgan fingerprint density at radius 1 is 1.35 bits per heavy atom. The maximum Gasteiger partial charge on any atom is 0.349 e. The number of nitrogens with zero attached hydrogens (tertiary/aromatic N) is 1. The Labute approximate surface area is 154 Å². The van der Waals surface area contributed by atoms with Crippen molar-refractivity contribution in [3.8, 4) is 0 Å². The van der Waals surface area contributed by atoms with Crippen LogP contribution in [-0.4, -0.2) is 55.9 Å². The molecule has 1 saturated heterocycles. The van der Waals surface area contributed by atoms with Crippen LogP contribution >= 0.6 is 11.3 Å². The summed E-state index contributed by atoms with van der Waals surface area (Å²) in [6, 6.07) is 5.34. The molecule has 1 fully saturated rings. The van der Waals surface area contributed by atoms with E-state index in [1.807, 2.05) is 0 Å². The van der Waals surface area contributed by atoms with Gasteiger partial charge in [-0.05, 0) is 43.0 Å². The molecule has 2 atom stereocenters. The van der Waals surface area contributed by atoms with E-state index >= 15 is 0 Å². The Kier molecular flexibility index (Phi) is 5.03. The molecule has 0 saturated carbocycles. The molecular formula is C17H18FNO5S2. The van der Waals surface area contributed by atoms with Crippen LogP contribution in [0.25, 0.3) is 10.1 Å². The lowest BCUT2D eigenvalue weighted by Crippen LogP contribution is -2.44. The van der Waals surface area contributed by atoms with Crippen LogP contribution in [0.3, 0.4) is 0 Å². The van der Waals surface area contributed by atoms with E-state index < -0.39 is 39.7 Å². The molecule has 1 amide bonds. The van der Waals surface area contributed by atoms with Gasteiger partial charge in [-0.1, -0.05) is 0 Å². The van der Waals surface area contributed by atoms with Crippen molar-refractivity contribution in [1.29, 1.82) is 0 Å². The molecule has 140 valence electrons. The summed E-state index contributed by atoms with van der Waals surface area (Å²) in [5, 5.41) is 0.592. The topological polar surface area (TPSA) is 80.8 Å². The SMILES string of the molecule is C[C@@H](OC(=O)c1cc2cc(F)ccc2s1)C(=O)N(C)[C@H]1CCS(=O)(=O)C1. The summed E-state index contributed by atoms with van der Waals surface area (Å²) in [7, 11) is -1.60. The number of benzene rings is 1. The summed E-state index contributed by atoms with van der Waals surface area (Å²) in [6.45, 7) is 1.45. The summed E-state index contributed by atoms with van der Waals surface area (Å²) >= 11 is 1.16. The summed E-state index contributed by atoms with van der Waals surface area (Å²) < 4.78 is 42.3. The fourth-order valence-corrected chi connectivity index (χ4v) is 5.63. The van der Waals surface area contributed by atoms with Gasteiger partial charge in [0, 0.05) is 17.8 Å². The Balaban J connectivity index is 1.66. The average Bonchev–Trinajstić information content (AvgIpc) is 3.15. The number of fused-ring (bicyclic) bond motifs is 1. The second kappa shape index (κ2) is 6.96. The number of esters is 1. The van der Waals surface area contributed by atoms with Gasteiger partial charge < -0.3 is 9.64 Å². The molecule has 0 radical (unpaired) electrons. The second-order valence-electron chi connectivity index (χ2n) is 6.35. The van der Waals surface area contributed by atoms with E-state index in [4.69, 9.17) is 4.74 Å². The smallest absolute Gasteiger partial charge is 0.349 e. The molecule has 1 aromatic heterocycles. The van der Waals surface area contributed by atoms with Crippen molar-refractivity contribution in [2.75, 3.05) is 18.6 Å². The van der Waals surface area contributed by atoms with Crippen molar-refractivity contribution in [3.05, 3.63) is 35.0 Å². The quantitative estimate of drug-likeness (QED) is 0.737. The molecule has 0 spiro atoms. The van der Waals surface area contributed by atoms with Gasteiger partial charge in [-0.2, -0.15) is 0 Å². The number of carbonyl (C=O) groups is 2. The van der Waals surface area contributed by atoms with Gasteiger partial charge in [-0.25, -0.2) is 17.6 Å². The number of thiophene rings is 1. The minimum absolute atomic E-state index is 0.0573. The number of rotatable bonds is 4. The predicted octanol–water partition coefficient (Wildman–Crippen LogP) is 2.23. The third-order valence-electron chi connectivity index (χ3n) is 4.41. The number of amides is 1. The summed E-state index contributed by atoms with van der Waals surface area (Å²) in [5.74, 6) is -1.53. The third-order valence-corrected chi connectivity index (χ3v) is 7.26. The summed E-state index contributed by atoms with van der Waals surface area (Å²) in [6.07, 6.45) is -0.662. The van der Waals surface area contributed by atoms with Crippen LogP contribution in [-0.2, 0) is 19.4 Å². The molecule has 3 rings (SSSR count). The first-order valence-corrected chi connectivity index (χ1v) is 10.7. The number of hydrogen-bond donors (Lipinski definition) is 0. The number of halogens is 1. The fraction of sp³-hybridized carbons (Fsp3) is 0.412. The Morgan fingerprint density at radius 3 is 2.73 bits per heavy atom. The zero-order valence-electron chi connectivity index (χ0n) is 14.3. The number of sulfone groups is 1. The van der Waals surface area contributed by atoms with Gasteiger partial charge in [0.05, 0.1) is 11.5 Å². The molecule has 0 N–H and O–H groups in total. The van der Waals surface area contributed by atoms with E-state index in [-0.39, 0.29) is 16.4 Å². The lowest BCUT2D eigenvalue weighted by molar-refractivity contribution is -0.140. The first-order valence-electron chi connectivity index (χ1n) is 8.03. The van der Waals surface area contributed by atoms with Crippen molar-refractivity contribution in [1.82, 2.24) is 4.90 Å². The molecule has 0 aliphatic carbocycles. The van der Waals surface area contributed by atoms with E-state index in [9.17, 15) is 22.4 Å². The molecule has 9 heteroatoms. The second-order valence-corrected chi connectivity index (χ2v) is 9.66. The predicted molar refractivity (Wildman–Crippen MR) is 96.5 cm³/mol. The van der Waals surface area contributed by atoms with E-state index in [1.54, 1.807) is 6.07 Å². The van der Waals surface area contributed by atoms with Gasteiger partial charge in [0.15, 0.2) is 15.9 Å². The highest BCUT2D eigenvalue weighted by Crippen LogP contribution is 2.27. The van der Waals surface area contributed by atoms with Crippen LogP contribution in [0.1, 0.15) is 23.0 Å². The first kappa shape index (κ1) is 18.8. The van der Waals surface area contributed by atoms with Crippen LogP contribution in [0.15, 0.2) is 24.3 Å². The number of ether oxygens (including phenoxy) is 1. The summed E-state index contributed by atoms with van der Waals surface area (Å²) in [4.78, 5) is 26.3. The van der Waals surface area contributed by atoms with Crippen molar-refractivity contribution < 1.29 is 27.1 Å². The van der Waals surface area contributed by atoms with E-state index in [2.05, 4.69) is 0 Å². The maximum atomic E-state index is 13.2. The van der Waals surface area contributed by atoms with Crippen molar-refractivity contribution in [3.63, 3.8) is 0 Å². The molecule has 1 aliphatic heterocycles. The molecule has 0 bridgehead atoms. The largest absolute Gasteiger partial charge is 0.448 e. The van der Waals surface area contributed by atoms with Gasteiger partial charge in [0.2, 0.25) is 0 Å². The van der Waals surface area contributed by atoms with Gasteiger partial charge >= 0.3 is 5.97 Å². The summed E-state index contributed by atoms with van der Waals surface area (Å²) in [5.41, 5.74) is 0. The van der Waals surface area contributed by atoms with Crippen LogP contribution < -0.4 is 0 Å². The van der Waals surface area contributed by atoms with Gasteiger partial charge in [-0.15, -0.1) is 11.3 Å². The van der Waals surface area contributed by atoms with Crippen LogP contribution in [0.2, 0.25) is 0 Å². The molecule has 2 heterocycles. The minimum Gasteiger partial charge on any atom is -0.448 e. The van der Waals surface area contributed by atoms with E-state index in [0.29, 0.717) is 11.8 Å². The Hall–Kier alpha value is -2.00. The van der Waals surface area contributed by atoms with Crippen molar-refractivity contribution in [2.45, 2.75) is 25.5 Å². The monoisotopic (exact) mass is 399 g/mol. The molecule has 2 aromatic rings. The third kappa shape index (κ3) is 3.88. The molecular weight excluding hydrogens is 381 g/mol. The van der Waals surface area contributed by atoms with Gasteiger partial charge in [0.25, 0.3) is 5.91 Å². The molecule has 1 aromatic carbocycles. The average molecular weight is 399 g/mol. The standard InChI is InChI=1S/C17H18FNO5S2/c1-10(16(20)19(2)13-5-6-26(22,23)9-13)24-17(21)15-8-11-7-12(18)3-4-14(11)25-15/h3-4,7-8,10,13H,5-6,9H2,1-2H3/t10-,13+/m1/s1. The number of likely N-dealkylation sites (N-methyl/N-ethyl adjacent to an activating group) is 1. The lowest BCUT2D eigenvalue weighted by Gasteiger charge is -2.26. The number of hydrogen-bond acceptors (Lipinski definition) is 6. The van der Waals surface area contributed by atoms with Crippen molar-refractivity contribution >= 4 is 43.1 Å². The number of carbonyl (C=O) groups excluding carboxylic acids is 2. The van der Waals surface area contributed by atoms with Crippen molar-refractivity contribution in [2.24, 2.45) is 0 Å². The zero-order chi connectivity index (χ0) is 19.1. The van der Waals surface area contributed by atoms with E-state index in [1.165, 1.54) is 37.1 Å². The minimum atomic E-state index is -3.11. The maximum absolute atomic E-state index is 13.2. The molecule has 6 nitrogen and oxygen atoms in total.